The highest BCUT2D eigenvalue weighted by molar-refractivity contribution is 5.82. The van der Waals surface area contributed by atoms with Crippen LogP contribution in [-0.4, -0.2) is 30.3 Å². The van der Waals surface area contributed by atoms with Gasteiger partial charge in [-0.25, -0.2) is 13.5 Å². The zero-order valence-corrected chi connectivity index (χ0v) is 14.9. The van der Waals surface area contributed by atoms with Crippen molar-refractivity contribution in [2.45, 2.75) is 13.0 Å². The summed E-state index contributed by atoms with van der Waals surface area (Å²) in [5.74, 6) is 2.67. The van der Waals surface area contributed by atoms with Gasteiger partial charge in [-0.3, -0.25) is 4.79 Å². The van der Waals surface area contributed by atoms with Crippen LogP contribution in [0.5, 0.6) is 5.75 Å². The molecule has 0 unspecified atom stereocenters. The Morgan fingerprint density at radius 2 is 1.93 bits per heavy atom. The summed E-state index contributed by atoms with van der Waals surface area (Å²) in [6.45, 7) is -0.148. The van der Waals surface area contributed by atoms with E-state index < -0.39 is 22.9 Å². The van der Waals surface area contributed by atoms with Crippen LogP contribution in [0.25, 0.3) is 10.8 Å². The monoisotopic (exact) mass is 393 g/mol. The third-order valence-corrected chi connectivity index (χ3v) is 4.23. The first-order valence-electron chi connectivity index (χ1n) is 8.51. The highest BCUT2D eigenvalue weighted by Gasteiger charge is 2.12. The number of aromatic amines is 1. The zero-order valence-electron chi connectivity index (χ0n) is 14.9. The van der Waals surface area contributed by atoms with Crippen LogP contribution in [0.1, 0.15) is 16.8 Å². The van der Waals surface area contributed by atoms with Crippen LogP contribution in [0.2, 0.25) is 0 Å². The maximum Gasteiger partial charge on any atom is 0.274 e. The summed E-state index contributed by atoms with van der Waals surface area (Å²) in [6, 6.07) is 7.07. The molecule has 0 saturated heterocycles. The molecule has 0 saturated carbocycles. The van der Waals surface area contributed by atoms with Crippen molar-refractivity contribution in [1.29, 1.82) is 0 Å². The topological polar surface area (TPSA) is 96.7 Å². The van der Waals surface area contributed by atoms with Crippen molar-refractivity contribution in [2.24, 2.45) is 0 Å². The highest BCUT2D eigenvalue weighted by Crippen LogP contribution is 2.21. The smallest absolute Gasteiger partial charge is 0.274 e. The van der Waals surface area contributed by atoms with E-state index in [4.69, 9.17) is 0 Å². The molecule has 0 fully saturated rings. The van der Waals surface area contributed by atoms with Crippen molar-refractivity contribution < 1.29 is 13.9 Å². The highest BCUT2D eigenvalue weighted by atomic mass is 19.1. The summed E-state index contributed by atoms with van der Waals surface area (Å²) in [5, 5.41) is 24.4. The fourth-order valence-corrected chi connectivity index (χ4v) is 2.80. The Balaban J connectivity index is 1.65. The molecule has 0 bridgehead atoms. The molecule has 4 rings (SSSR count). The third-order valence-electron chi connectivity index (χ3n) is 4.23. The Kier molecular flexibility index (Phi) is 4.75. The molecule has 2 N–H and O–H groups in total. The van der Waals surface area contributed by atoms with E-state index in [0.717, 1.165) is 16.8 Å². The molecular formula is C20H13F2N5O2. The van der Waals surface area contributed by atoms with Crippen LogP contribution in [0.3, 0.4) is 0 Å². The van der Waals surface area contributed by atoms with Gasteiger partial charge in [-0.2, -0.15) is 20.5 Å². The van der Waals surface area contributed by atoms with Crippen molar-refractivity contribution in [2.75, 3.05) is 0 Å². The fourth-order valence-electron chi connectivity index (χ4n) is 2.80. The third kappa shape index (κ3) is 3.82. The van der Waals surface area contributed by atoms with Crippen LogP contribution in [0.15, 0.2) is 47.5 Å². The Bertz CT molecular complexity index is 1300. The second kappa shape index (κ2) is 7.52. The molecule has 0 atom stereocenters. The number of aromatic hydroxyl groups is 1. The van der Waals surface area contributed by atoms with E-state index in [1.807, 2.05) is 0 Å². The van der Waals surface area contributed by atoms with Gasteiger partial charge in [-0.15, -0.1) is 0 Å². The molecule has 0 aliphatic rings. The number of nitrogens with one attached hydrogen (secondary N) is 1. The van der Waals surface area contributed by atoms with E-state index in [1.165, 1.54) is 6.20 Å². The Morgan fingerprint density at radius 3 is 2.66 bits per heavy atom. The number of hydrogen-bond donors (Lipinski definition) is 2. The Hall–Kier alpha value is -4.06. The van der Waals surface area contributed by atoms with Crippen molar-refractivity contribution in [3.63, 3.8) is 0 Å². The maximum absolute atomic E-state index is 13.5. The first-order valence-corrected chi connectivity index (χ1v) is 8.51. The van der Waals surface area contributed by atoms with Gasteiger partial charge in [0.1, 0.15) is 0 Å². The molecule has 0 aliphatic heterocycles. The minimum atomic E-state index is -1.10. The van der Waals surface area contributed by atoms with Crippen molar-refractivity contribution >= 4 is 10.8 Å². The second-order valence-electron chi connectivity index (χ2n) is 6.26. The van der Waals surface area contributed by atoms with E-state index in [-0.39, 0.29) is 12.1 Å². The zero-order chi connectivity index (χ0) is 20.4. The lowest BCUT2D eigenvalue weighted by Gasteiger charge is -2.08. The van der Waals surface area contributed by atoms with Gasteiger partial charge in [0.2, 0.25) is 0 Å². The number of phenolic OH excluding ortho intramolecular Hbond substituents is 1. The molecule has 0 amide bonds. The van der Waals surface area contributed by atoms with E-state index >= 15 is 0 Å². The summed E-state index contributed by atoms with van der Waals surface area (Å²) in [7, 11) is 0. The lowest BCUT2D eigenvalue weighted by atomic mass is 10.1. The summed E-state index contributed by atoms with van der Waals surface area (Å²) >= 11 is 0. The van der Waals surface area contributed by atoms with Gasteiger partial charge in [0.05, 0.1) is 36.4 Å². The van der Waals surface area contributed by atoms with Gasteiger partial charge >= 0.3 is 0 Å². The van der Waals surface area contributed by atoms with E-state index in [0.29, 0.717) is 28.5 Å². The average Bonchev–Trinajstić information content (AvgIpc) is 3.22. The van der Waals surface area contributed by atoms with Crippen molar-refractivity contribution in [1.82, 2.24) is 25.2 Å². The van der Waals surface area contributed by atoms with Gasteiger partial charge in [0.15, 0.2) is 17.4 Å². The minimum absolute atomic E-state index is 0.148. The molecule has 2 heterocycles. The summed E-state index contributed by atoms with van der Waals surface area (Å²) in [5.41, 5.74) is 1.09. The van der Waals surface area contributed by atoms with Gasteiger partial charge < -0.3 is 5.11 Å². The van der Waals surface area contributed by atoms with Crippen LogP contribution < -0.4 is 5.56 Å². The number of halogens is 2. The summed E-state index contributed by atoms with van der Waals surface area (Å²) in [6.07, 6.45) is 3.48. The van der Waals surface area contributed by atoms with Gasteiger partial charge in [-0.05, 0) is 29.8 Å². The molecule has 7 nitrogen and oxygen atoms in total. The first-order chi connectivity index (χ1) is 14.0. The number of aromatic nitrogens is 5. The quantitative estimate of drug-likeness (QED) is 0.520. The predicted octanol–water partition coefficient (Wildman–Crippen LogP) is 2.14. The number of nitrogens with zero attached hydrogens (tertiary/aromatic N) is 4. The SMILES string of the molecule is O=c1c2cc(C#CCc3cn[nH]n3)ccc2cnn1Cc1cc(F)c(O)c(F)c1. The summed E-state index contributed by atoms with van der Waals surface area (Å²) < 4.78 is 28.2. The van der Waals surface area contributed by atoms with Gasteiger partial charge in [0.25, 0.3) is 5.56 Å². The predicted molar refractivity (Wildman–Crippen MR) is 100 cm³/mol. The number of fused-ring (bicyclic) bond motifs is 1. The lowest BCUT2D eigenvalue weighted by molar-refractivity contribution is 0.395. The molecule has 2 aromatic carbocycles. The van der Waals surface area contributed by atoms with Crippen molar-refractivity contribution in [3.8, 4) is 17.6 Å². The van der Waals surface area contributed by atoms with E-state index in [1.54, 1.807) is 24.4 Å². The van der Waals surface area contributed by atoms with E-state index in [2.05, 4.69) is 32.4 Å². The van der Waals surface area contributed by atoms with E-state index in [9.17, 15) is 18.7 Å². The molecule has 144 valence electrons. The maximum atomic E-state index is 13.5. The number of hydrogen-bond acceptors (Lipinski definition) is 5. The number of rotatable bonds is 3. The van der Waals surface area contributed by atoms with Crippen LogP contribution in [0.4, 0.5) is 8.78 Å². The molecule has 0 radical (unpaired) electrons. The van der Waals surface area contributed by atoms with Gasteiger partial charge in [-0.1, -0.05) is 17.9 Å². The number of phenols is 1. The molecule has 4 aromatic rings. The summed E-state index contributed by atoms with van der Waals surface area (Å²) in [4.78, 5) is 12.8. The minimum Gasteiger partial charge on any atom is -0.503 e. The number of H-pyrrole nitrogens is 1. The van der Waals surface area contributed by atoms with Crippen LogP contribution >= 0.6 is 0 Å². The lowest BCUT2D eigenvalue weighted by Crippen LogP contribution is -2.23. The Labute approximate surface area is 162 Å². The largest absolute Gasteiger partial charge is 0.503 e. The number of benzene rings is 2. The normalized spacial score (nSPS) is 10.7. The standard InChI is InChI=1S/C20H13F2N5O2/c21-17-7-13(8-18(22)19(17)28)11-27-20(29)16-6-12(4-5-14(16)9-24-27)2-1-3-15-10-23-26-25-15/h4-10,28H,3,11H2,(H,23,25,26). The first kappa shape index (κ1) is 18.3. The fraction of sp³-hybridized carbons (Fsp3) is 0.100. The molecule has 2 aromatic heterocycles. The molecule has 29 heavy (non-hydrogen) atoms. The van der Waals surface area contributed by atoms with Crippen LogP contribution in [0, 0.1) is 23.5 Å². The Morgan fingerprint density at radius 1 is 1.14 bits per heavy atom. The molecular weight excluding hydrogens is 380 g/mol. The van der Waals surface area contributed by atoms with Gasteiger partial charge in [0, 0.05) is 10.9 Å². The molecule has 0 spiro atoms. The van der Waals surface area contributed by atoms with Crippen molar-refractivity contribution in [3.05, 3.63) is 81.5 Å². The second-order valence-corrected chi connectivity index (χ2v) is 6.26. The average molecular weight is 393 g/mol. The molecule has 0 aliphatic carbocycles. The molecule has 9 heteroatoms. The van der Waals surface area contributed by atoms with Crippen LogP contribution in [-0.2, 0) is 13.0 Å².